The average Bonchev–Trinajstić information content (AvgIpc) is 3.24. The molecule has 11 nitrogen and oxygen atoms in total. The molecule has 0 bridgehead atoms. The Labute approximate surface area is 208 Å². The highest BCUT2D eigenvalue weighted by Crippen LogP contribution is 2.20. The summed E-state index contributed by atoms with van der Waals surface area (Å²) in [4.78, 5) is 40.2. The molecular weight excluding hydrogens is 497 g/mol. The number of nitrogens with one attached hydrogen (secondary N) is 1. The molecule has 0 spiro atoms. The zero-order valence-electron chi connectivity index (χ0n) is 19.6. The lowest BCUT2D eigenvalue weighted by atomic mass is 10.1. The van der Waals surface area contributed by atoms with E-state index in [1.807, 2.05) is 4.57 Å². The topological polar surface area (TPSA) is 143 Å². The minimum atomic E-state index is -5.08. The third kappa shape index (κ3) is 6.64. The quantitative estimate of drug-likeness (QED) is 0.426. The van der Waals surface area contributed by atoms with Crippen LogP contribution >= 0.6 is 0 Å². The van der Waals surface area contributed by atoms with Gasteiger partial charge in [-0.25, -0.2) is 19.3 Å². The number of aromatic carboxylic acids is 1. The SMILES string of the molecule is CC#CCn1c(N2CCNCC2)nc2cnn(Cc3cccc(C(=O)O)c3)c(=O)c21.O=C(O)C(F)(F)F. The van der Waals surface area contributed by atoms with Crippen LogP contribution in [0, 0.1) is 11.8 Å². The molecule has 0 saturated carbocycles. The molecule has 0 aliphatic carbocycles. The van der Waals surface area contributed by atoms with Crippen LogP contribution in [0.25, 0.3) is 11.0 Å². The standard InChI is InChI=1S/C21H22N6O3.C2HF3O2/c1-2-3-9-26-18-17(24-21(26)25-10-7-22-8-11-25)13-23-27(19(18)28)14-15-5-4-6-16(12-15)20(29)30;3-2(4,5)1(6)7/h4-6,12-13,22H,7-11,14H2,1H3,(H,29,30);(H,6,7). The lowest BCUT2D eigenvalue weighted by Crippen LogP contribution is -2.44. The first-order valence-corrected chi connectivity index (χ1v) is 11.0. The van der Waals surface area contributed by atoms with E-state index in [9.17, 15) is 27.9 Å². The maximum atomic E-state index is 13.3. The normalized spacial score (nSPS) is 13.4. The number of carbonyl (C=O) groups is 2. The first kappa shape index (κ1) is 27.2. The van der Waals surface area contributed by atoms with Gasteiger partial charge in [-0.15, -0.1) is 5.92 Å². The van der Waals surface area contributed by atoms with Gasteiger partial charge >= 0.3 is 18.1 Å². The zero-order valence-corrected chi connectivity index (χ0v) is 19.6. The number of carboxylic acid groups (broad SMARTS) is 2. The molecule has 2 aromatic heterocycles. The van der Waals surface area contributed by atoms with Crippen LogP contribution in [0.1, 0.15) is 22.8 Å². The van der Waals surface area contributed by atoms with Crippen molar-refractivity contribution in [3.63, 3.8) is 0 Å². The molecule has 1 saturated heterocycles. The highest BCUT2D eigenvalue weighted by Gasteiger charge is 2.38. The molecular formula is C23H23F3N6O5. The van der Waals surface area contributed by atoms with Crippen LogP contribution in [-0.2, 0) is 17.9 Å². The lowest BCUT2D eigenvalue weighted by molar-refractivity contribution is -0.192. The third-order valence-corrected chi connectivity index (χ3v) is 5.29. The van der Waals surface area contributed by atoms with Crippen molar-refractivity contribution < 1.29 is 33.0 Å². The number of benzene rings is 1. The average molecular weight is 520 g/mol. The predicted molar refractivity (Wildman–Crippen MR) is 127 cm³/mol. The van der Waals surface area contributed by atoms with Crippen molar-refractivity contribution in [1.82, 2.24) is 24.6 Å². The minimum absolute atomic E-state index is 0.170. The Hall–Kier alpha value is -4.38. The van der Waals surface area contributed by atoms with Gasteiger partial charge in [0.05, 0.1) is 24.8 Å². The fourth-order valence-corrected chi connectivity index (χ4v) is 3.58. The van der Waals surface area contributed by atoms with Crippen molar-refractivity contribution in [3.05, 3.63) is 51.9 Å². The van der Waals surface area contributed by atoms with E-state index >= 15 is 0 Å². The molecule has 14 heteroatoms. The van der Waals surface area contributed by atoms with Crippen molar-refractivity contribution in [2.45, 2.75) is 26.2 Å². The van der Waals surface area contributed by atoms with Gasteiger partial charge in [-0.3, -0.25) is 9.36 Å². The van der Waals surface area contributed by atoms with Crippen LogP contribution in [0.3, 0.4) is 0 Å². The molecule has 0 unspecified atom stereocenters. The van der Waals surface area contributed by atoms with Gasteiger partial charge in [0.1, 0.15) is 11.0 Å². The van der Waals surface area contributed by atoms with E-state index in [4.69, 9.17) is 9.90 Å². The predicted octanol–water partition coefficient (Wildman–Crippen LogP) is 1.41. The number of fused-ring (bicyclic) bond motifs is 1. The molecule has 3 N–H and O–H groups in total. The van der Waals surface area contributed by atoms with E-state index in [0.717, 1.165) is 32.1 Å². The van der Waals surface area contributed by atoms with Crippen LogP contribution in [0.2, 0.25) is 0 Å². The second-order valence-corrected chi connectivity index (χ2v) is 7.81. The minimum Gasteiger partial charge on any atom is -0.478 e. The summed E-state index contributed by atoms with van der Waals surface area (Å²) in [5.74, 6) is 2.87. The van der Waals surface area contributed by atoms with E-state index in [-0.39, 0.29) is 17.7 Å². The van der Waals surface area contributed by atoms with Crippen molar-refractivity contribution in [2.24, 2.45) is 0 Å². The summed E-state index contributed by atoms with van der Waals surface area (Å²) in [5, 5.41) is 23.9. The van der Waals surface area contributed by atoms with Gasteiger partial charge in [-0.05, 0) is 24.6 Å². The number of piperazine rings is 1. The monoisotopic (exact) mass is 520 g/mol. The number of hydrogen-bond donors (Lipinski definition) is 3. The summed E-state index contributed by atoms with van der Waals surface area (Å²) in [6.07, 6.45) is -3.50. The Bertz CT molecular complexity index is 1410. The Morgan fingerprint density at radius 2 is 1.86 bits per heavy atom. The smallest absolute Gasteiger partial charge is 0.478 e. The van der Waals surface area contributed by atoms with Gasteiger partial charge in [0.2, 0.25) is 5.95 Å². The second kappa shape index (κ2) is 11.6. The summed E-state index contributed by atoms with van der Waals surface area (Å²) < 4.78 is 34.9. The van der Waals surface area contributed by atoms with Crippen molar-refractivity contribution >= 4 is 28.9 Å². The largest absolute Gasteiger partial charge is 0.490 e. The molecule has 1 aliphatic rings. The molecule has 196 valence electrons. The number of alkyl halides is 3. The molecule has 3 aromatic rings. The lowest BCUT2D eigenvalue weighted by Gasteiger charge is -2.28. The maximum Gasteiger partial charge on any atom is 0.490 e. The molecule has 0 atom stereocenters. The van der Waals surface area contributed by atoms with Gasteiger partial charge in [0, 0.05) is 26.2 Å². The Kier molecular flexibility index (Phi) is 8.51. The summed E-state index contributed by atoms with van der Waals surface area (Å²) in [6, 6.07) is 6.50. The Balaban J connectivity index is 0.000000479. The molecule has 4 rings (SSSR count). The number of halogens is 3. The van der Waals surface area contributed by atoms with Crippen molar-refractivity contribution in [3.8, 4) is 11.8 Å². The first-order chi connectivity index (χ1) is 17.5. The van der Waals surface area contributed by atoms with E-state index < -0.39 is 18.1 Å². The number of aliphatic carboxylic acids is 1. The van der Waals surface area contributed by atoms with Crippen molar-refractivity contribution in [1.29, 1.82) is 0 Å². The number of hydrogen-bond acceptors (Lipinski definition) is 7. The number of nitrogens with zero attached hydrogens (tertiary/aromatic N) is 5. The van der Waals surface area contributed by atoms with Gasteiger partial charge in [-0.2, -0.15) is 18.3 Å². The molecule has 3 heterocycles. The molecule has 0 amide bonds. The molecule has 1 aromatic carbocycles. The molecule has 37 heavy (non-hydrogen) atoms. The fourth-order valence-electron chi connectivity index (χ4n) is 3.58. The van der Waals surface area contributed by atoms with Crippen LogP contribution in [-0.4, -0.2) is 73.8 Å². The van der Waals surface area contributed by atoms with Gasteiger partial charge in [-0.1, -0.05) is 18.1 Å². The molecule has 0 radical (unpaired) electrons. The van der Waals surface area contributed by atoms with Crippen molar-refractivity contribution in [2.75, 3.05) is 31.1 Å². The number of imidazole rings is 1. The number of carboxylic acids is 2. The van der Waals surface area contributed by atoms with Gasteiger partial charge in [0.25, 0.3) is 5.56 Å². The maximum absolute atomic E-state index is 13.3. The fraction of sp³-hybridized carbons (Fsp3) is 0.348. The molecule has 1 aliphatic heterocycles. The van der Waals surface area contributed by atoms with Crippen LogP contribution < -0.4 is 15.8 Å². The number of rotatable bonds is 5. The highest BCUT2D eigenvalue weighted by molar-refractivity contribution is 5.87. The summed E-state index contributed by atoms with van der Waals surface area (Å²) in [7, 11) is 0. The Morgan fingerprint density at radius 1 is 1.19 bits per heavy atom. The second-order valence-electron chi connectivity index (χ2n) is 7.81. The highest BCUT2D eigenvalue weighted by atomic mass is 19.4. The van der Waals surface area contributed by atoms with Gasteiger partial charge < -0.3 is 20.4 Å². The van der Waals surface area contributed by atoms with E-state index in [2.05, 4.69) is 32.1 Å². The summed E-state index contributed by atoms with van der Waals surface area (Å²) >= 11 is 0. The van der Waals surface area contributed by atoms with Crippen LogP contribution in [0.5, 0.6) is 0 Å². The van der Waals surface area contributed by atoms with E-state index in [1.165, 1.54) is 10.7 Å². The third-order valence-electron chi connectivity index (χ3n) is 5.29. The Morgan fingerprint density at radius 3 is 2.46 bits per heavy atom. The molecule has 1 fully saturated rings. The zero-order chi connectivity index (χ0) is 27.2. The van der Waals surface area contributed by atoms with E-state index in [1.54, 1.807) is 31.3 Å². The first-order valence-electron chi connectivity index (χ1n) is 11.0. The number of aromatic nitrogens is 4. The summed E-state index contributed by atoms with van der Waals surface area (Å²) in [6.45, 7) is 5.59. The van der Waals surface area contributed by atoms with Crippen LogP contribution in [0.15, 0.2) is 35.3 Å². The number of anilines is 1. The van der Waals surface area contributed by atoms with E-state index in [0.29, 0.717) is 23.1 Å². The summed E-state index contributed by atoms with van der Waals surface area (Å²) in [5.41, 5.74) is 1.56. The van der Waals surface area contributed by atoms with Crippen LogP contribution in [0.4, 0.5) is 19.1 Å². The van der Waals surface area contributed by atoms with Gasteiger partial charge in [0.15, 0.2) is 0 Å².